The standard InChI is InChI=1S/C20H22N4O3S2/c1-20(2,3)27-19(26)24-11-8-12(24)10-23(9-11)18-22-15-13(17-21-6-7-28-17)4-5-14(25)16(15)29-18/h4-7,11-12,25H,8-10H2,1-3H3. The molecule has 2 unspecified atom stereocenters. The Kier molecular flexibility index (Phi) is 4.22. The molecule has 0 saturated carbocycles. The van der Waals surface area contributed by atoms with Gasteiger partial charge in [-0.3, -0.25) is 4.90 Å². The zero-order valence-electron chi connectivity index (χ0n) is 16.5. The van der Waals surface area contributed by atoms with Crippen LogP contribution < -0.4 is 4.90 Å². The van der Waals surface area contributed by atoms with Crippen molar-refractivity contribution < 1.29 is 14.6 Å². The summed E-state index contributed by atoms with van der Waals surface area (Å²) in [5.41, 5.74) is 1.23. The molecule has 3 aliphatic heterocycles. The molecular weight excluding hydrogens is 408 g/mol. The van der Waals surface area contributed by atoms with Crippen LogP contribution in [-0.4, -0.2) is 56.8 Å². The maximum Gasteiger partial charge on any atom is 0.410 e. The second-order valence-electron chi connectivity index (χ2n) is 8.48. The Labute approximate surface area is 176 Å². The first-order chi connectivity index (χ1) is 13.8. The summed E-state index contributed by atoms with van der Waals surface area (Å²) in [7, 11) is 0. The lowest BCUT2D eigenvalue weighted by Gasteiger charge is -2.55. The molecule has 7 nitrogen and oxygen atoms in total. The van der Waals surface area contributed by atoms with Gasteiger partial charge in [-0.25, -0.2) is 14.8 Å². The Hall–Kier alpha value is -2.39. The van der Waals surface area contributed by atoms with Gasteiger partial charge in [0.15, 0.2) is 5.13 Å². The molecule has 3 saturated heterocycles. The molecule has 2 aromatic heterocycles. The molecule has 3 aliphatic rings. The number of piperidine rings is 1. The van der Waals surface area contributed by atoms with Crippen LogP contribution in [0.3, 0.4) is 0 Å². The number of carbonyl (C=O) groups is 1. The number of hydrogen-bond donors (Lipinski definition) is 1. The fraction of sp³-hybridized carbons (Fsp3) is 0.450. The highest BCUT2D eigenvalue weighted by Gasteiger charge is 2.49. The lowest BCUT2D eigenvalue weighted by Crippen LogP contribution is -2.70. The summed E-state index contributed by atoms with van der Waals surface area (Å²) < 4.78 is 6.33. The molecule has 3 aromatic rings. The Balaban J connectivity index is 1.40. The predicted molar refractivity (Wildman–Crippen MR) is 115 cm³/mol. The van der Waals surface area contributed by atoms with Gasteiger partial charge in [0.1, 0.15) is 16.4 Å². The van der Waals surface area contributed by atoms with E-state index in [-0.39, 0.29) is 23.9 Å². The number of rotatable bonds is 2. The van der Waals surface area contributed by atoms with Crippen LogP contribution in [0.5, 0.6) is 5.75 Å². The van der Waals surface area contributed by atoms with Crippen molar-refractivity contribution in [1.82, 2.24) is 14.9 Å². The van der Waals surface area contributed by atoms with Crippen molar-refractivity contribution in [3.63, 3.8) is 0 Å². The van der Waals surface area contributed by atoms with Crippen molar-refractivity contribution in [3.05, 3.63) is 23.7 Å². The quantitative estimate of drug-likeness (QED) is 0.652. The number of thiazole rings is 2. The van der Waals surface area contributed by atoms with Crippen LogP contribution in [0.1, 0.15) is 27.2 Å². The second kappa shape index (κ2) is 6.56. The maximum atomic E-state index is 12.5. The van der Waals surface area contributed by atoms with Gasteiger partial charge in [0.25, 0.3) is 0 Å². The highest BCUT2D eigenvalue weighted by molar-refractivity contribution is 7.22. The third kappa shape index (κ3) is 3.22. The van der Waals surface area contributed by atoms with E-state index in [1.165, 1.54) is 11.3 Å². The Morgan fingerprint density at radius 3 is 2.69 bits per heavy atom. The Morgan fingerprint density at radius 2 is 2.03 bits per heavy atom. The number of hydrogen-bond acceptors (Lipinski definition) is 8. The minimum absolute atomic E-state index is 0.141. The van der Waals surface area contributed by atoms with Crippen molar-refractivity contribution in [1.29, 1.82) is 0 Å². The molecule has 2 atom stereocenters. The third-order valence-electron chi connectivity index (χ3n) is 5.24. The van der Waals surface area contributed by atoms with Crippen molar-refractivity contribution in [2.45, 2.75) is 44.9 Å². The number of phenols is 1. The van der Waals surface area contributed by atoms with Crippen molar-refractivity contribution in [3.8, 4) is 16.3 Å². The third-order valence-corrected chi connectivity index (χ3v) is 7.19. The van der Waals surface area contributed by atoms with Gasteiger partial charge in [0, 0.05) is 30.2 Å². The number of phenolic OH excluding ortho intramolecular Hbond substituents is 1. The van der Waals surface area contributed by atoms with Crippen molar-refractivity contribution >= 4 is 44.1 Å². The molecule has 6 rings (SSSR count). The van der Waals surface area contributed by atoms with E-state index in [9.17, 15) is 9.90 Å². The van der Waals surface area contributed by atoms with Gasteiger partial charge in [-0.1, -0.05) is 11.3 Å². The molecule has 0 radical (unpaired) electrons. The van der Waals surface area contributed by atoms with E-state index in [4.69, 9.17) is 9.72 Å². The largest absolute Gasteiger partial charge is 0.506 e. The van der Waals surface area contributed by atoms with E-state index in [2.05, 4.69) is 9.88 Å². The summed E-state index contributed by atoms with van der Waals surface area (Å²) >= 11 is 3.05. The lowest BCUT2D eigenvalue weighted by molar-refractivity contribution is -0.0379. The van der Waals surface area contributed by atoms with Crippen LogP contribution in [0.4, 0.5) is 9.93 Å². The summed E-state index contributed by atoms with van der Waals surface area (Å²) in [5, 5.41) is 14.1. The van der Waals surface area contributed by atoms with Gasteiger partial charge < -0.3 is 14.7 Å². The number of piperazine rings is 1. The van der Waals surface area contributed by atoms with Crippen molar-refractivity contribution in [2.24, 2.45) is 0 Å². The summed E-state index contributed by atoms with van der Waals surface area (Å²) in [5.74, 6) is 0.238. The van der Waals surface area contributed by atoms with Gasteiger partial charge in [0.05, 0.1) is 22.3 Å². The Morgan fingerprint density at radius 1 is 1.28 bits per heavy atom. The normalized spacial score (nSPS) is 21.3. The Bertz CT molecular complexity index is 1060. The molecule has 1 amide bonds. The SMILES string of the molecule is CC(C)(C)OC(=O)N1C2CC1CN(c1nc3c(-c4nccs4)ccc(O)c3s1)C2. The smallest absolute Gasteiger partial charge is 0.410 e. The second-order valence-corrected chi connectivity index (χ2v) is 10.4. The number of fused-ring (bicyclic) bond motifs is 3. The number of benzene rings is 1. The van der Waals surface area contributed by atoms with Gasteiger partial charge in [0.2, 0.25) is 0 Å². The van der Waals surface area contributed by atoms with E-state index in [0.29, 0.717) is 0 Å². The molecule has 152 valence electrons. The van der Waals surface area contributed by atoms with E-state index < -0.39 is 5.60 Å². The van der Waals surface area contributed by atoms with Gasteiger partial charge in [-0.15, -0.1) is 11.3 Å². The fourth-order valence-electron chi connectivity index (χ4n) is 4.02. The first kappa shape index (κ1) is 18.6. The van der Waals surface area contributed by atoms with Crippen LogP contribution in [0, 0.1) is 0 Å². The van der Waals surface area contributed by atoms with Crippen LogP contribution >= 0.6 is 22.7 Å². The van der Waals surface area contributed by atoms with Crippen LogP contribution in [-0.2, 0) is 4.74 Å². The average molecular weight is 431 g/mol. The summed E-state index contributed by atoms with van der Waals surface area (Å²) in [6.45, 7) is 7.12. The monoisotopic (exact) mass is 430 g/mol. The number of aromatic nitrogens is 2. The minimum atomic E-state index is -0.489. The highest BCUT2D eigenvalue weighted by Crippen LogP contribution is 2.43. The molecule has 1 N–H and O–H groups in total. The summed E-state index contributed by atoms with van der Waals surface area (Å²) in [4.78, 5) is 25.8. The number of amides is 1. The van der Waals surface area contributed by atoms with E-state index in [1.54, 1.807) is 23.6 Å². The molecule has 0 spiro atoms. The number of ether oxygens (including phenoxy) is 1. The molecule has 0 aliphatic carbocycles. The number of carbonyl (C=O) groups excluding carboxylic acids is 1. The topological polar surface area (TPSA) is 78.8 Å². The van der Waals surface area contributed by atoms with Crippen molar-refractivity contribution in [2.75, 3.05) is 18.0 Å². The molecular formula is C20H22N4O3S2. The highest BCUT2D eigenvalue weighted by atomic mass is 32.1. The zero-order valence-corrected chi connectivity index (χ0v) is 18.1. The first-order valence-electron chi connectivity index (χ1n) is 9.59. The summed E-state index contributed by atoms with van der Waals surface area (Å²) in [6, 6.07) is 3.86. The van der Waals surface area contributed by atoms with E-state index >= 15 is 0 Å². The number of aromatic hydroxyl groups is 1. The molecule has 1 aromatic carbocycles. The predicted octanol–water partition coefficient (Wildman–Crippen LogP) is 4.32. The lowest BCUT2D eigenvalue weighted by atomic mass is 9.88. The van der Waals surface area contributed by atoms with E-state index in [0.717, 1.165) is 45.4 Å². The van der Waals surface area contributed by atoms with Crippen LogP contribution in [0.2, 0.25) is 0 Å². The number of nitrogens with zero attached hydrogens (tertiary/aromatic N) is 4. The van der Waals surface area contributed by atoms with Gasteiger partial charge in [-0.05, 0) is 39.3 Å². The molecule has 2 bridgehead atoms. The van der Waals surface area contributed by atoms with Gasteiger partial charge in [-0.2, -0.15) is 0 Å². The molecule has 3 fully saturated rings. The van der Waals surface area contributed by atoms with Crippen LogP contribution in [0.15, 0.2) is 23.7 Å². The fourth-order valence-corrected chi connectivity index (χ4v) is 5.71. The molecule has 29 heavy (non-hydrogen) atoms. The molecule has 9 heteroatoms. The minimum Gasteiger partial charge on any atom is -0.506 e. The maximum absolute atomic E-state index is 12.5. The van der Waals surface area contributed by atoms with E-state index in [1.807, 2.05) is 37.1 Å². The average Bonchev–Trinajstić information content (AvgIpc) is 3.31. The molecule has 5 heterocycles. The van der Waals surface area contributed by atoms with Crippen LogP contribution in [0.25, 0.3) is 20.8 Å². The zero-order chi connectivity index (χ0) is 20.3. The first-order valence-corrected chi connectivity index (χ1v) is 11.3. The summed E-state index contributed by atoms with van der Waals surface area (Å²) in [6.07, 6.45) is 2.54. The number of anilines is 1. The van der Waals surface area contributed by atoms with Gasteiger partial charge >= 0.3 is 6.09 Å².